The molecule has 1 rings (SSSR count). The Morgan fingerprint density at radius 3 is 2.65 bits per heavy atom. The van der Waals surface area contributed by atoms with Crippen LogP contribution in [0.1, 0.15) is 0 Å². The molecule has 0 aliphatic carbocycles. The van der Waals surface area contributed by atoms with Crippen molar-refractivity contribution in [2.45, 2.75) is 6.10 Å². The van der Waals surface area contributed by atoms with Crippen LogP contribution in [0.2, 0.25) is 0 Å². The Hall–Kier alpha value is -1.60. The van der Waals surface area contributed by atoms with Gasteiger partial charge in [-0.1, -0.05) is 0 Å². The lowest BCUT2D eigenvalue weighted by Crippen LogP contribution is -2.36. The first-order valence-electron chi connectivity index (χ1n) is 4.67. The van der Waals surface area contributed by atoms with E-state index in [1.807, 2.05) is 5.32 Å². The predicted molar refractivity (Wildman–Crippen MR) is 54.8 cm³/mol. The van der Waals surface area contributed by atoms with Crippen LogP contribution in [-0.4, -0.2) is 25.7 Å². The van der Waals surface area contributed by atoms with Crippen LogP contribution in [0.4, 0.5) is 18.9 Å². The van der Waals surface area contributed by atoms with E-state index in [1.165, 1.54) is 7.11 Å². The summed E-state index contributed by atoms with van der Waals surface area (Å²) in [5.74, 6) is -4.51. The molecule has 0 saturated heterocycles. The molecule has 1 amide bonds. The van der Waals surface area contributed by atoms with Crippen molar-refractivity contribution in [1.29, 1.82) is 0 Å². The minimum Gasteiger partial charge on any atom is -0.370 e. The van der Waals surface area contributed by atoms with Gasteiger partial charge >= 0.3 is 0 Å². The van der Waals surface area contributed by atoms with Gasteiger partial charge in [0.1, 0.15) is 11.9 Å². The van der Waals surface area contributed by atoms with Crippen molar-refractivity contribution >= 4 is 11.6 Å². The smallest absolute Gasteiger partial charge is 0.254 e. The molecule has 3 N–H and O–H groups in total. The Kier molecular flexibility index (Phi) is 4.47. The van der Waals surface area contributed by atoms with Crippen molar-refractivity contribution < 1.29 is 22.7 Å². The minimum atomic E-state index is -1.39. The average molecular weight is 248 g/mol. The van der Waals surface area contributed by atoms with Crippen molar-refractivity contribution in [3.8, 4) is 0 Å². The van der Waals surface area contributed by atoms with E-state index in [0.29, 0.717) is 12.1 Å². The summed E-state index contributed by atoms with van der Waals surface area (Å²) in [6.45, 7) is -0.137. The molecule has 0 aliphatic heterocycles. The van der Waals surface area contributed by atoms with Gasteiger partial charge in [0.15, 0.2) is 11.6 Å². The van der Waals surface area contributed by atoms with E-state index < -0.39 is 35.2 Å². The average Bonchev–Trinajstić information content (AvgIpc) is 2.27. The third-order valence-electron chi connectivity index (χ3n) is 2.04. The second-order valence-electron chi connectivity index (χ2n) is 3.20. The first-order chi connectivity index (χ1) is 7.99. The largest absolute Gasteiger partial charge is 0.370 e. The number of carbonyl (C=O) groups excluding carboxylic acids is 1. The minimum absolute atomic E-state index is 0.137. The van der Waals surface area contributed by atoms with Crippen molar-refractivity contribution in [2.75, 3.05) is 19.0 Å². The second kappa shape index (κ2) is 5.65. The zero-order chi connectivity index (χ0) is 13.0. The maximum absolute atomic E-state index is 13.2. The fraction of sp³-hybridized carbons (Fsp3) is 0.300. The number of rotatable bonds is 4. The summed E-state index contributed by atoms with van der Waals surface area (Å²) < 4.78 is 43.5. The summed E-state index contributed by atoms with van der Waals surface area (Å²) in [6.07, 6.45) is -1.01. The van der Waals surface area contributed by atoms with Gasteiger partial charge in [0, 0.05) is 25.8 Å². The topological polar surface area (TPSA) is 64.3 Å². The molecular formula is C10H11F3N2O2. The lowest BCUT2D eigenvalue weighted by atomic mass is 10.2. The number of hydrogen-bond donors (Lipinski definition) is 2. The number of benzene rings is 1. The molecule has 4 nitrogen and oxygen atoms in total. The number of anilines is 1. The normalized spacial score (nSPS) is 12.3. The fourth-order valence-electron chi connectivity index (χ4n) is 1.17. The molecule has 0 saturated carbocycles. The summed E-state index contributed by atoms with van der Waals surface area (Å²) >= 11 is 0. The van der Waals surface area contributed by atoms with Crippen molar-refractivity contribution in [2.24, 2.45) is 5.73 Å². The molecule has 0 bridgehead atoms. The molecule has 0 aliphatic rings. The molecule has 1 unspecified atom stereocenters. The van der Waals surface area contributed by atoms with Gasteiger partial charge in [0.2, 0.25) is 0 Å². The highest BCUT2D eigenvalue weighted by atomic mass is 19.2. The molecule has 17 heavy (non-hydrogen) atoms. The van der Waals surface area contributed by atoms with Crippen LogP contribution in [0.15, 0.2) is 12.1 Å². The number of nitrogens with one attached hydrogen (secondary N) is 1. The van der Waals surface area contributed by atoms with Gasteiger partial charge in [-0.2, -0.15) is 0 Å². The van der Waals surface area contributed by atoms with Gasteiger partial charge in [0.25, 0.3) is 5.91 Å². The summed E-state index contributed by atoms with van der Waals surface area (Å²) in [5.41, 5.74) is 4.61. The van der Waals surface area contributed by atoms with Crippen LogP contribution < -0.4 is 11.1 Å². The van der Waals surface area contributed by atoms with Crippen molar-refractivity contribution in [3.05, 3.63) is 29.6 Å². The Morgan fingerprint density at radius 1 is 1.47 bits per heavy atom. The quantitative estimate of drug-likeness (QED) is 0.782. The maximum Gasteiger partial charge on any atom is 0.254 e. The molecule has 0 radical (unpaired) electrons. The Labute approximate surface area is 95.6 Å². The SMILES string of the molecule is COC(CN)C(=O)Nc1cc(F)cc(F)c1F. The van der Waals surface area contributed by atoms with Crippen LogP contribution in [-0.2, 0) is 9.53 Å². The van der Waals surface area contributed by atoms with Gasteiger partial charge in [-0.05, 0) is 0 Å². The first kappa shape index (κ1) is 13.5. The van der Waals surface area contributed by atoms with E-state index in [0.717, 1.165) is 0 Å². The third kappa shape index (κ3) is 3.18. The lowest BCUT2D eigenvalue weighted by molar-refractivity contribution is -0.125. The van der Waals surface area contributed by atoms with Gasteiger partial charge in [-0.25, -0.2) is 13.2 Å². The molecule has 1 aromatic rings. The molecule has 0 aromatic heterocycles. The summed E-state index contributed by atoms with van der Waals surface area (Å²) in [7, 11) is 1.24. The lowest BCUT2D eigenvalue weighted by Gasteiger charge is -2.13. The van der Waals surface area contributed by atoms with E-state index in [1.54, 1.807) is 0 Å². The number of amides is 1. The van der Waals surface area contributed by atoms with Crippen molar-refractivity contribution in [1.82, 2.24) is 0 Å². The van der Waals surface area contributed by atoms with Gasteiger partial charge < -0.3 is 15.8 Å². The molecule has 0 spiro atoms. The second-order valence-corrected chi connectivity index (χ2v) is 3.20. The Morgan fingerprint density at radius 2 is 2.12 bits per heavy atom. The zero-order valence-corrected chi connectivity index (χ0v) is 8.97. The molecule has 0 heterocycles. The number of hydrogen-bond acceptors (Lipinski definition) is 3. The molecule has 7 heteroatoms. The predicted octanol–water partition coefficient (Wildman–Crippen LogP) is 1.02. The van der Waals surface area contributed by atoms with E-state index in [2.05, 4.69) is 4.74 Å². The van der Waals surface area contributed by atoms with Gasteiger partial charge in [-0.3, -0.25) is 4.79 Å². The first-order valence-corrected chi connectivity index (χ1v) is 4.67. The van der Waals surface area contributed by atoms with Crippen LogP contribution in [0.3, 0.4) is 0 Å². The summed E-state index contributed by atoms with van der Waals surface area (Å²) in [6, 6.07) is 1.04. The molecule has 94 valence electrons. The van der Waals surface area contributed by atoms with Crippen molar-refractivity contribution in [3.63, 3.8) is 0 Å². The monoisotopic (exact) mass is 248 g/mol. The number of methoxy groups -OCH3 is 1. The molecular weight excluding hydrogens is 237 g/mol. The van der Waals surface area contributed by atoms with Gasteiger partial charge in [0.05, 0.1) is 5.69 Å². The molecule has 1 aromatic carbocycles. The van der Waals surface area contributed by atoms with E-state index in [4.69, 9.17) is 5.73 Å². The van der Waals surface area contributed by atoms with E-state index in [9.17, 15) is 18.0 Å². The molecule has 1 atom stereocenters. The Balaban J connectivity index is 2.92. The van der Waals surface area contributed by atoms with E-state index in [-0.39, 0.29) is 6.54 Å². The third-order valence-corrected chi connectivity index (χ3v) is 2.04. The number of ether oxygens (including phenoxy) is 1. The van der Waals surface area contributed by atoms with Gasteiger partial charge in [-0.15, -0.1) is 0 Å². The highest BCUT2D eigenvalue weighted by Crippen LogP contribution is 2.19. The summed E-state index contributed by atoms with van der Waals surface area (Å²) in [5, 5.41) is 1.99. The fourth-order valence-corrected chi connectivity index (χ4v) is 1.17. The highest BCUT2D eigenvalue weighted by Gasteiger charge is 2.19. The van der Waals surface area contributed by atoms with Crippen LogP contribution in [0.25, 0.3) is 0 Å². The Bertz CT molecular complexity index is 422. The standard InChI is InChI=1S/C10H11F3N2O2/c1-17-8(4-14)10(16)15-7-3-5(11)2-6(12)9(7)13/h2-3,8H,4,14H2,1H3,(H,15,16). The highest BCUT2D eigenvalue weighted by molar-refractivity contribution is 5.94. The number of carbonyl (C=O) groups is 1. The van der Waals surface area contributed by atoms with Crippen LogP contribution >= 0.6 is 0 Å². The molecule has 0 fully saturated rings. The number of nitrogens with two attached hydrogens (primary N) is 1. The summed E-state index contributed by atoms with van der Waals surface area (Å²) in [4.78, 5) is 11.4. The van der Waals surface area contributed by atoms with Crippen LogP contribution in [0.5, 0.6) is 0 Å². The van der Waals surface area contributed by atoms with E-state index >= 15 is 0 Å². The maximum atomic E-state index is 13.2. The number of halogens is 3. The zero-order valence-electron chi connectivity index (χ0n) is 8.97. The van der Waals surface area contributed by atoms with Crippen LogP contribution in [0, 0.1) is 17.5 Å².